The number of hydrogen-bond donors (Lipinski definition) is 1. The lowest BCUT2D eigenvalue weighted by Crippen LogP contribution is -2.44. The summed E-state index contributed by atoms with van der Waals surface area (Å²) in [5.74, 6) is 2.14. The van der Waals surface area contributed by atoms with Crippen LogP contribution in [0.1, 0.15) is 29.5 Å². The van der Waals surface area contributed by atoms with Crippen molar-refractivity contribution in [1.29, 1.82) is 0 Å². The highest BCUT2D eigenvalue weighted by atomic mass is 16.3. The third-order valence-corrected chi connectivity index (χ3v) is 5.42. The highest BCUT2D eigenvalue weighted by Gasteiger charge is 2.30. The Balaban J connectivity index is 1.35. The van der Waals surface area contributed by atoms with Gasteiger partial charge in [0.1, 0.15) is 5.82 Å². The molecule has 27 heavy (non-hydrogen) atoms. The van der Waals surface area contributed by atoms with E-state index in [0.717, 1.165) is 48.5 Å². The van der Waals surface area contributed by atoms with E-state index in [9.17, 15) is 4.79 Å². The number of likely N-dealkylation sites (tertiary alicyclic amines) is 1. The highest BCUT2D eigenvalue weighted by molar-refractivity contribution is 5.92. The maximum Gasteiger partial charge on any atom is 0.289 e. The van der Waals surface area contributed by atoms with Crippen molar-refractivity contribution >= 4 is 22.8 Å². The number of aromatic nitrogens is 2. The molecule has 0 radical (unpaired) electrons. The predicted octanol–water partition coefficient (Wildman–Crippen LogP) is 3.74. The Morgan fingerprint density at radius 3 is 2.85 bits per heavy atom. The number of fused-ring (bicyclic) bond motifs is 1. The third-order valence-electron chi connectivity index (χ3n) is 5.42. The molecule has 3 aromatic rings. The van der Waals surface area contributed by atoms with Crippen LogP contribution in [0.2, 0.25) is 0 Å². The summed E-state index contributed by atoms with van der Waals surface area (Å²) in [6, 6.07) is 9.69. The van der Waals surface area contributed by atoms with E-state index < -0.39 is 0 Å². The summed E-state index contributed by atoms with van der Waals surface area (Å²) in [4.78, 5) is 23.6. The van der Waals surface area contributed by atoms with Gasteiger partial charge in [-0.05, 0) is 43.4 Å². The van der Waals surface area contributed by atoms with Gasteiger partial charge in [-0.3, -0.25) is 9.78 Å². The summed E-state index contributed by atoms with van der Waals surface area (Å²) < 4.78 is 5.36. The van der Waals surface area contributed by atoms with Gasteiger partial charge in [-0.15, -0.1) is 0 Å². The van der Waals surface area contributed by atoms with Crippen LogP contribution >= 0.6 is 0 Å². The lowest BCUT2D eigenvalue weighted by Gasteiger charge is -2.36. The van der Waals surface area contributed by atoms with Crippen LogP contribution in [0.5, 0.6) is 0 Å². The SMILES string of the molecule is Cc1ccoc1C(=O)N1CC[C@@H](CNc2cnc3ccccc3n2)[C@@H](C)C1. The molecule has 1 fully saturated rings. The van der Waals surface area contributed by atoms with Crippen molar-refractivity contribution in [1.82, 2.24) is 14.9 Å². The van der Waals surface area contributed by atoms with Crippen molar-refractivity contribution in [2.24, 2.45) is 11.8 Å². The second kappa shape index (κ2) is 7.39. The van der Waals surface area contributed by atoms with Crippen molar-refractivity contribution < 1.29 is 9.21 Å². The van der Waals surface area contributed by atoms with Gasteiger partial charge >= 0.3 is 0 Å². The van der Waals surface area contributed by atoms with Crippen molar-refractivity contribution in [2.45, 2.75) is 20.3 Å². The van der Waals surface area contributed by atoms with E-state index >= 15 is 0 Å². The summed E-state index contributed by atoms with van der Waals surface area (Å²) in [6.07, 6.45) is 4.32. The van der Waals surface area contributed by atoms with Crippen LogP contribution in [-0.2, 0) is 0 Å². The molecule has 4 rings (SSSR count). The molecular formula is C21H24N4O2. The molecule has 6 heteroatoms. The normalized spacial score (nSPS) is 20.0. The Labute approximate surface area is 158 Å². The molecule has 0 saturated carbocycles. The molecule has 1 aliphatic rings. The number of nitrogens with zero attached hydrogens (tertiary/aromatic N) is 3. The zero-order chi connectivity index (χ0) is 18.8. The minimum absolute atomic E-state index is 0.00356. The predicted molar refractivity (Wildman–Crippen MR) is 105 cm³/mol. The lowest BCUT2D eigenvalue weighted by atomic mass is 9.86. The Bertz CT molecular complexity index is 952. The average Bonchev–Trinajstić information content (AvgIpc) is 3.12. The van der Waals surface area contributed by atoms with Gasteiger partial charge in [0.15, 0.2) is 5.76 Å². The van der Waals surface area contributed by atoms with Crippen molar-refractivity contribution in [3.05, 3.63) is 54.1 Å². The quantitative estimate of drug-likeness (QED) is 0.763. The van der Waals surface area contributed by atoms with E-state index in [1.54, 1.807) is 12.5 Å². The molecule has 1 N–H and O–H groups in total. The van der Waals surface area contributed by atoms with Gasteiger partial charge in [0.05, 0.1) is 23.5 Å². The fourth-order valence-electron chi connectivity index (χ4n) is 3.70. The summed E-state index contributed by atoms with van der Waals surface area (Å²) in [5.41, 5.74) is 2.69. The summed E-state index contributed by atoms with van der Waals surface area (Å²) in [5, 5.41) is 3.42. The van der Waals surface area contributed by atoms with Crippen LogP contribution in [0.25, 0.3) is 11.0 Å². The molecule has 1 saturated heterocycles. The minimum atomic E-state index is -0.00356. The van der Waals surface area contributed by atoms with Gasteiger partial charge in [-0.1, -0.05) is 19.1 Å². The van der Waals surface area contributed by atoms with E-state index in [1.165, 1.54) is 0 Å². The van der Waals surface area contributed by atoms with Gasteiger partial charge in [0, 0.05) is 25.2 Å². The molecule has 0 spiro atoms. The number of amides is 1. The van der Waals surface area contributed by atoms with Crippen molar-refractivity contribution in [3.63, 3.8) is 0 Å². The number of aryl methyl sites for hydroxylation is 1. The number of carbonyl (C=O) groups is 1. The average molecular weight is 364 g/mol. The molecule has 2 aromatic heterocycles. The highest BCUT2D eigenvalue weighted by Crippen LogP contribution is 2.26. The van der Waals surface area contributed by atoms with E-state index in [-0.39, 0.29) is 5.91 Å². The van der Waals surface area contributed by atoms with E-state index in [0.29, 0.717) is 17.6 Å². The molecule has 1 aliphatic heterocycles. The molecule has 0 unspecified atom stereocenters. The molecule has 3 heterocycles. The molecule has 1 aromatic carbocycles. The number of furan rings is 1. The molecule has 140 valence electrons. The third kappa shape index (κ3) is 3.65. The number of rotatable bonds is 4. The van der Waals surface area contributed by atoms with Crippen LogP contribution in [0.3, 0.4) is 0 Å². The molecule has 6 nitrogen and oxygen atoms in total. The number of carbonyl (C=O) groups excluding carboxylic acids is 1. The molecular weight excluding hydrogens is 340 g/mol. The standard InChI is InChI=1S/C21H24N4O2/c1-14-8-10-27-20(14)21(26)25-9-7-16(15(2)13-25)11-23-19-12-22-17-5-3-4-6-18(17)24-19/h3-6,8,10,12,15-16H,7,9,11,13H2,1-2H3,(H,23,24)/t15-,16-/m0/s1. The van der Waals surface area contributed by atoms with Gasteiger partial charge in [-0.2, -0.15) is 0 Å². The Morgan fingerprint density at radius 2 is 2.11 bits per heavy atom. The summed E-state index contributed by atoms with van der Waals surface area (Å²) >= 11 is 0. The van der Waals surface area contributed by atoms with Crippen LogP contribution in [0.4, 0.5) is 5.82 Å². The van der Waals surface area contributed by atoms with Crippen LogP contribution in [0.15, 0.2) is 47.2 Å². The smallest absolute Gasteiger partial charge is 0.289 e. The molecule has 0 bridgehead atoms. The number of hydrogen-bond acceptors (Lipinski definition) is 5. The Kier molecular flexibility index (Phi) is 4.79. The van der Waals surface area contributed by atoms with Gasteiger partial charge < -0.3 is 14.6 Å². The van der Waals surface area contributed by atoms with Gasteiger partial charge in [0.2, 0.25) is 0 Å². The zero-order valence-corrected chi connectivity index (χ0v) is 15.7. The van der Waals surface area contributed by atoms with Crippen molar-refractivity contribution in [3.8, 4) is 0 Å². The number of anilines is 1. The van der Waals surface area contributed by atoms with E-state index in [1.807, 2.05) is 42.2 Å². The maximum atomic E-state index is 12.6. The first-order valence-corrected chi connectivity index (χ1v) is 9.41. The van der Waals surface area contributed by atoms with Crippen LogP contribution in [0, 0.1) is 18.8 Å². The monoisotopic (exact) mass is 364 g/mol. The first kappa shape index (κ1) is 17.5. The second-order valence-electron chi connectivity index (χ2n) is 7.33. The Hall–Kier alpha value is -2.89. The number of benzene rings is 1. The van der Waals surface area contributed by atoms with E-state index in [4.69, 9.17) is 4.42 Å². The molecule has 2 atom stereocenters. The number of piperidine rings is 1. The first-order valence-electron chi connectivity index (χ1n) is 9.41. The van der Waals surface area contributed by atoms with Crippen molar-refractivity contribution in [2.75, 3.05) is 25.0 Å². The van der Waals surface area contributed by atoms with Crippen LogP contribution < -0.4 is 5.32 Å². The molecule has 0 aliphatic carbocycles. The fourth-order valence-corrected chi connectivity index (χ4v) is 3.70. The number of para-hydroxylation sites is 2. The second-order valence-corrected chi connectivity index (χ2v) is 7.33. The molecule has 1 amide bonds. The maximum absolute atomic E-state index is 12.6. The first-order chi connectivity index (χ1) is 13.1. The largest absolute Gasteiger partial charge is 0.459 e. The zero-order valence-electron chi connectivity index (χ0n) is 15.7. The fraction of sp³-hybridized carbons (Fsp3) is 0.381. The van der Waals surface area contributed by atoms with Crippen LogP contribution in [-0.4, -0.2) is 40.4 Å². The van der Waals surface area contributed by atoms with E-state index in [2.05, 4.69) is 22.2 Å². The topological polar surface area (TPSA) is 71.3 Å². The lowest BCUT2D eigenvalue weighted by molar-refractivity contribution is 0.0590. The van der Waals surface area contributed by atoms with Gasteiger partial charge in [-0.25, -0.2) is 4.98 Å². The summed E-state index contributed by atoms with van der Waals surface area (Å²) in [7, 11) is 0. The summed E-state index contributed by atoms with van der Waals surface area (Å²) in [6.45, 7) is 6.43. The minimum Gasteiger partial charge on any atom is -0.459 e. The number of nitrogens with one attached hydrogen (secondary N) is 1. The van der Waals surface area contributed by atoms with Gasteiger partial charge in [0.25, 0.3) is 5.91 Å². The Morgan fingerprint density at radius 1 is 1.30 bits per heavy atom.